The van der Waals surface area contributed by atoms with E-state index in [-0.39, 0.29) is 11.5 Å². The highest BCUT2D eigenvalue weighted by atomic mass is 127. The zero-order valence-electron chi connectivity index (χ0n) is 6.03. The highest BCUT2D eigenvalue weighted by molar-refractivity contribution is 14.1. The third-order valence-corrected chi connectivity index (χ3v) is 2.92. The minimum absolute atomic E-state index is 0.0622. The van der Waals surface area contributed by atoms with Gasteiger partial charge in [0, 0.05) is 3.57 Å². The molecule has 5 heteroatoms. The van der Waals surface area contributed by atoms with E-state index in [0.717, 1.165) is 3.57 Å². The van der Waals surface area contributed by atoms with Crippen LogP contribution in [0, 0.1) is 3.57 Å². The number of benzene rings is 1. The maximum absolute atomic E-state index is 10.5. The van der Waals surface area contributed by atoms with E-state index in [4.69, 9.17) is 9.66 Å². The monoisotopic (exact) mass is 298 g/mol. The van der Waals surface area contributed by atoms with Crippen LogP contribution in [0.25, 0.3) is 0 Å². The van der Waals surface area contributed by atoms with Gasteiger partial charge in [-0.25, -0.2) is 4.21 Å². The van der Waals surface area contributed by atoms with Crippen molar-refractivity contribution in [3.05, 3.63) is 27.3 Å². The van der Waals surface area contributed by atoms with Gasteiger partial charge in [-0.1, -0.05) is 0 Å². The van der Waals surface area contributed by atoms with Gasteiger partial charge in [0.2, 0.25) is 0 Å². The van der Waals surface area contributed by atoms with Gasteiger partial charge in [-0.2, -0.15) is 0 Å². The smallest absolute Gasteiger partial charge is 0.157 e. The van der Waals surface area contributed by atoms with Crippen molar-refractivity contribution in [3.63, 3.8) is 0 Å². The molecule has 0 aliphatic rings. The molecule has 2 N–H and O–H groups in total. The number of rotatable bonds is 2. The summed E-state index contributed by atoms with van der Waals surface area (Å²) in [7, 11) is 0. The normalized spacial score (nSPS) is 12.8. The summed E-state index contributed by atoms with van der Waals surface area (Å²) in [6.07, 6.45) is 0. The molecule has 12 heavy (non-hydrogen) atoms. The maximum Gasteiger partial charge on any atom is 0.157 e. The van der Waals surface area contributed by atoms with Gasteiger partial charge in [0.15, 0.2) is 11.1 Å². The number of hydrogen-bond donors (Lipinski definition) is 2. The molecule has 1 atom stereocenters. The Hall–Kier alpha value is -0.140. The van der Waals surface area contributed by atoms with E-state index in [9.17, 15) is 4.21 Å². The molecule has 1 unspecified atom stereocenters. The van der Waals surface area contributed by atoms with Crippen LogP contribution in [0.1, 0.15) is 5.56 Å². The summed E-state index contributed by atoms with van der Waals surface area (Å²) < 4.78 is 19.9. The summed E-state index contributed by atoms with van der Waals surface area (Å²) in [5, 5.41) is 9.07. The second-order valence-corrected chi connectivity index (χ2v) is 4.34. The van der Waals surface area contributed by atoms with Crippen molar-refractivity contribution in [3.8, 4) is 5.75 Å². The summed E-state index contributed by atoms with van der Waals surface area (Å²) in [4.78, 5) is 0. The van der Waals surface area contributed by atoms with Gasteiger partial charge in [-0.05, 0) is 46.4 Å². The fourth-order valence-corrected chi connectivity index (χ4v) is 2.09. The topological polar surface area (TPSA) is 57.5 Å². The molecule has 0 saturated carbocycles. The summed E-state index contributed by atoms with van der Waals surface area (Å²) in [5.74, 6) is 0.183. The second-order valence-electron chi connectivity index (χ2n) is 2.24. The minimum Gasteiger partial charge on any atom is -0.508 e. The fourth-order valence-electron chi connectivity index (χ4n) is 0.805. The zero-order chi connectivity index (χ0) is 9.14. The lowest BCUT2D eigenvalue weighted by Gasteiger charge is -2.01. The van der Waals surface area contributed by atoms with E-state index >= 15 is 0 Å². The van der Waals surface area contributed by atoms with Crippen molar-refractivity contribution in [2.45, 2.75) is 5.75 Å². The number of halogens is 1. The SMILES string of the molecule is O=S(O)Cc1cc(O)ccc1I. The van der Waals surface area contributed by atoms with Crippen molar-refractivity contribution in [2.75, 3.05) is 0 Å². The summed E-state index contributed by atoms with van der Waals surface area (Å²) in [5.41, 5.74) is 0.691. The van der Waals surface area contributed by atoms with E-state index in [1.165, 1.54) is 6.07 Å². The van der Waals surface area contributed by atoms with Crippen molar-refractivity contribution >= 4 is 33.7 Å². The van der Waals surface area contributed by atoms with Gasteiger partial charge in [0.05, 0.1) is 5.75 Å². The van der Waals surface area contributed by atoms with Crippen LogP contribution in [-0.2, 0) is 16.8 Å². The Labute approximate surface area is 86.2 Å². The van der Waals surface area contributed by atoms with E-state index < -0.39 is 11.1 Å². The molecule has 0 aliphatic heterocycles. The first-order chi connectivity index (χ1) is 5.59. The van der Waals surface area contributed by atoms with Gasteiger partial charge in [0.25, 0.3) is 0 Å². The molecule has 0 fully saturated rings. The number of aromatic hydroxyl groups is 1. The number of phenols is 1. The Morgan fingerprint density at radius 1 is 1.50 bits per heavy atom. The first-order valence-corrected chi connectivity index (χ1v) is 5.50. The molecule has 0 spiro atoms. The van der Waals surface area contributed by atoms with Crippen LogP contribution in [0.5, 0.6) is 5.75 Å². The molecule has 1 rings (SSSR count). The van der Waals surface area contributed by atoms with Crippen molar-refractivity contribution in [1.29, 1.82) is 0 Å². The first kappa shape index (κ1) is 9.94. The Morgan fingerprint density at radius 3 is 2.75 bits per heavy atom. The highest BCUT2D eigenvalue weighted by Gasteiger charge is 2.03. The lowest BCUT2D eigenvalue weighted by atomic mass is 10.2. The third-order valence-electron chi connectivity index (χ3n) is 1.31. The van der Waals surface area contributed by atoms with Crippen molar-refractivity contribution in [1.82, 2.24) is 0 Å². The average Bonchev–Trinajstić information content (AvgIpc) is 1.96. The number of hydrogen-bond acceptors (Lipinski definition) is 2. The van der Waals surface area contributed by atoms with Gasteiger partial charge >= 0.3 is 0 Å². The van der Waals surface area contributed by atoms with E-state index in [1.54, 1.807) is 12.1 Å². The Kier molecular flexibility index (Phi) is 3.48. The predicted molar refractivity (Wildman–Crippen MR) is 55.3 cm³/mol. The standard InChI is InChI=1S/C7H7IO3S/c8-7-2-1-6(9)3-5(7)4-12(10)11/h1-3,9H,4H2,(H,10,11). The van der Waals surface area contributed by atoms with Crippen LogP contribution >= 0.6 is 22.6 Å². The Morgan fingerprint density at radius 2 is 2.17 bits per heavy atom. The average molecular weight is 298 g/mol. The summed E-state index contributed by atoms with van der Waals surface area (Å²) in [6.45, 7) is 0. The molecule has 0 aliphatic carbocycles. The molecule has 0 bridgehead atoms. The van der Waals surface area contributed by atoms with Crippen LogP contribution in [-0.4, -0.2) is 13.9 Å². The maximum atomic E-state index is 10.5. The van der Waals surface area contributed by atoms with Crippen LogP contribution in [0.15, 0.2) is 18.2 Å². The first-order valence-electron chi connectivity index (χ1n) is 3.14. The van der Waals surface area contributed by atoms with Crippen LogP contribution in [0.3, 0.4) is 0 Å². The third kappa shape index (κ3) is 2.72. The number of phenolic OH excluding ortho intramolecular Hbond substituents is 1. The largest absolute Gasteiger partial charge is 0.508 e. The van der Waals surface area contributed by atoms with Crippen LogP contribution < -0.4 is 0 Å². The lowest BCUT2D eigenvalue weighted by Crippen LogP contribution is -1.95. The van der Waals surface area contributed by atoms with E-state index in [2.05, 4.69) is 22.6 Å². The molecule has 0 amide bonds. The molecule has 0 radical (unpaired) electrons. The summed E-state index contributed by atoms with van der Waals surface area (Å²) in [6, 6.07) is 4.75. The molecule has 0 saturated heterocycles. The molecule has 3 nitrogen and oxygen atoms in total. The molecule has 66 valence electrons. The van der Waals surface area contributed by atoms with Crippen LogP contribution in [0.4, 0.5) is 0 Å². The fraction of sp³-hybridized carbons (Fsp3) is 0.143. The van der Waals surface area contributed by atoms with Crippen molar-refractivity contribution < 1.29 is 13.9 Å². The van der Waals surface area contributed by atoms with E-state index in [1.807, 2.05) is 0 Å². The van der Waals surface area contributed by atoms with Gasteiger partial charge < -0.3 is 9.66 Å². The Bertz CT molecular complexity index is 314. The molecule has 1 aromatic rings. The zero-order valence-corrected chi connectivity index (χ0v) is 9.00. The lowest BCUT2D eigenvalue weighted by molar-refractivity contribution is 0.474. The molecule has 0 heterocycles. The highest BCUT2D eigenvalue weighted by Crippen LogP contribution is 2.19. The van der Waals surface area contributed by atoms with Crippen LogP contribution in [0.2, 0.25) is 0 Å². The molecular formula is C7H7IO3S. The molecule has 0 aromatic heterocycles. The quantitative estimate of drug-likeness (QED) is 0.645. The Balaban J connectivity index is 2.97. The second kappa shape index (κ2) is 4.20. The minimum atomic E-state index is -1.85. The summed E-state index contributed by atoms with van der Waals surface area (Å²) >= 11 is 0.203. The van der Waals surface area contributed by atoms with Gasteiger partial charge in [-0.3, -0.25) is 0 Å². The van der Waals surface area contributed by atoms with Gasteiger partial charge in [0.1, 0.15) is 5.75 Å². The van der Waals surface area contributed by atoms with E-state index in [0.29, 0.717) is 5.56 Å². The van der Waals surface area contributed by atoms with Gasteiger partial charge in [-0.15, -0.1) is 0 Å². The molecular weight excluding hydrogens is 291 g/mol. The predicted octanol–water partition coefficient (Wildman–Crippen LogP) is 1.72. The van der Waals surface area contributed by atoms with Crippen molar-refractivity contribution in [2.24, 2.45) is 0 Å². The molecule has 1 aromatic carbocycles.